The molecule has 0 unspecified atom stereocenters. The second kappa shape index (κ2) is 6.10. The maximum absolute atomic E-state index is 11.9. The van der Waals surface area contributed by atoms with E-state index in [4.69, 9.17) is 0 Å². The van der Waals surface area contributed by atoms with Gasteiger partial charge in [0.05, 0.1) is 11.0 Å². The first-order chi connectivity index (χ1) is 10.7. The number of benzene rings is 2. The number of para-hydroxylation sites is 2. The van der Waals surface area contributed by atoms with E-state index in [1.807, 2.05) is 42.5 Å². The number of hydrogen-bond donors (Lipinski definition) is 2. The van der Waals surface area contributed by atoms with Gasteiger partial charge in [0, 0.05) is 6.08 Å². The molecule has 1 heterocycles. The minimum absolute atomic E-state index is 0.0304. The average molecular weight is 290 g/mol. The van der Waals surface area contributed by atoms with Crippen molar-refractivity contribution >= 4 is 23.2 Å². The molecule has 0 aliphatic rings. The number of nitrogens with zero attached hydrogens (tertiary/aromatic N) is 1. The van der Waals surface area contributed by atoms with E-state index in [1.54, 1.807) is 18.2 Å². The molecule has 2 aromatic carbocycles. The summed E-state index contributed by atoms with van der Waals surface area (Å²) in [6.45, 7) is 0. The molecule has 0 saturated carbocycles. The molecule has 108 valence electrons. The minimum Gasteiger partial charge on any atom is -0.508 e. The molecule has 3 aromatic rings. The smallest absolute Gasteiger partial charge is 0.274 e. The van der Waals surface area contributed by atoms with Crippen molar-refractivity contribution in [2.24, 2.45) is 0 Å². The summed E-state index contributed by atoms with van der Waals surface area (Å²) in [6, 6.07) is 16.9. The van der Waals surface area contributed by atoms with Crippen LogP contribution in [0.5, 0.6) is 0 Å². The highest BCUT2D eigenvalue weighted by molar-refractivity contribution is 5.75. The lowest BCUT2D eigenvalue weighted by Crippen LogP contribution is -2.11. The first-order valence-corrected chi connectivity index (χ1v) is 6.85. The number of aromatic nitrogens is 2. The van der Waals surface area contributed by atoms with Crippen LogP contribution in [-0.4, -0.2) is 15.1 Å². The Hall–Kier alpha value is -3.14. The van der Waals surface area contributed by atoms with E-state index in [0.717, 1.165) is 5.56 Å². The molecule has 3 rings (SSSR count). The third kappa shape index (κ3) is 3.12. The van der Waals surface area contributed by atoms with Crippen LogP contribution in [0.1, 0.15) is 11.3 Å². The Kier molecular flexibility index (Phi) is 3.83. The number of aliphatic hydroxyl groups excluding tert-OH is 1. The topological polar surface area (TPSA) is 66.0 Å². The molecular weight excluding hydrogens is 276 g/mol. The number of fused-ring (bicyclic) bond motifs is 1. The van der Waals surface area contributed by atoms with Gasteiger partial charge in [-0.15, -0.1) is 0 Å². The summed E-state index contributed by atoms with van der Waals surface area (Å²) < 4.78 is 0. The number of rotatable bonds is 3. The van der Waals surface area contributed by atoms with Crippen LogP contribution in [0.15, 0.2) is 71.2 Å². The summed E-state index contributed by atoms with van der Waals surface area (Å²) >= 11 is 0. The highest BCUT2D eigenvalue weighted by Crippen LogP contribution is 2.09. The summed E-state index contributed by atoms with van der Waals surface area (Å²) in [5.74, 6) is -0.0304. The second-order valence-corrected chi connectivity index (χ2v) is 4.78. The zero-order valence-electron chi connectivity index (χ0n) is 11.7. The van der Waals surface area contributed by atoms with Crippen molar-refractivity contribution in [3.63, 3.8) is 0 Å². The quantitative estimate of drug-likeness (QED) is 0.573. The molecule has 0 radical (unpaired) electrons. The van der Waals surface area contributed by atoms with E-state index in [1.165, 1.54) is 12.2 Å². The Balaban J connectivity index is 1.92. The van der Waals surface area contributed by atoms with Crippen LogP contribution >= 0.6 is 0 Å². The molecule has 2 N–H and O–H groups in total. The van der Waals surface area contributed by atoms with E-state index < -0.39 is 0 Å². The van der Waals surface area contributed by atoms with Crippen LogP contribution in [0.2, 0.25) is 0 Å². The third-order valence-electron chi connectivity index (χ3n) is 3.16. The molecule has 4 heteroatoms. The van der Waals surface area contributed by atoms with Gasteiger partial charge >= 0.3 is 0 Å². The van der Waals surface area contributed by atoms with Gasteiger partial charge in [0.25, 0.3) is 5.56 Å². The van der Waals surface area contributed by atoms with Gasteiger partial charge < -0.3 is 10.1 Å². The minimum atomic E-state index is -0.335. The Morgan fingerprint density at radius 2 is 1.77 bits per heavy atom. The first-order valence-electron chi connectivity index (χ1n) is 6.85. The van der Waals surface area contributed by atoms with Gasteiger partial charge in [0.2, 0.25) is 0 Å². The Morgan fingerprint density at radius 3 is 2.59 bits per heavy atom. The molecule has 1 aromatic heterocycles. The predicted molar refractivity (Wildman–Crippen MR) is 88.4 cm³/mol. The van der Waals surface area contributed by atoms with E-state index in [-0.39, 0.29) is 17.0 Å². The van der Waals surface area contributed by atoms with E-state index in [9.17, 15) is 9.90 Å². The number of aromatic amines is 1. The second-order valence-electron chi connectivity index (χ2n) is 4.78. The van der Waals surface area contributed by atoms with E-state index >= 15 is 0 Å². The Morgan fingerprint density at radius 1 is 1.05 bits per heavy atom. The summed E-state index contributed by atoms with van der Waals surface area (Å²) in [5, 5.41) is 9.94. The number of aliphatic hydroxyl groups is 1. The van der Waals surface area contributed by atoms with Crippen molar-refractivity contribution in [1.29, 1.82) is 0 Å². The molecule has 0 bridgehead atoms. The average Bonchev–Trinajstić information content (AvgIpc) is 2.55. The SMILES string of the molecule is O=c1[nH]c2ccccc2nc1C=C(O)/C=C/c1ccccc1. The van der Waals surface area contributed by atoms with Crippen molar-refractivity contribution < 1.29 is 5.11 Å². The fraction of sp³-hybridized carbons (Fsp3) is 0. The maximum Gasteiger partial charge on any atom is 0.274 e. The van der Waals surface area contributed by atoms with Crippen molar-refractivity contribution in [2.45, 2.75) is 0 Å². The fourth-order valence-electron chi connectivity index (χ4n) is 2.08. The van der Waals surface area contributed by atoms with Crippen LogP contribution in [0, 0.1) is 0 Å². The van der Waals surface area contributed by atoms with Crippen molar-refractivity contribution in [3.05, 3.63) is 88.0 Å². The fourth-order valence-corrected chi connectivity index (χ4v) is 2.08. The molecule has 0 aliphatic heterocycles. The summed E-state index contributed by atoms with van der Waals surface area (Å²) in [7, 11) is 0. The third-order valence-corrected chi connectivity index (χ3v) is 3.16. The molecule has 22 heavy (non-hydrogen) atoms. The van der Waals surface area contributed by atoms with Gasteiger partial charge in [-0.3, -0.25) is 4.79 Å². The number of hydrogen-bond acceptors (Lipinski definition) is 3. The molecule has 4 nitrogen and oxygen atoms in total. The van der Waals surface area contributed by atoms with Crippen LogP contribution in [0.4, 0.5) is 0 Å². The molecule has 0 fully saturated rings. The lowest BCUT2D eigenvalue weighted by atomic mass is 10.2. The van der Waals surface area contributed by atoms with Crippen LogP contribution < -0.4 is 5.56 Å². The molecule has 0 saturated heterocycles. The van der Waals surface area contributed by atoms with Crippen LogP contribution in [0.3, 0.4) is 0 Å². The van der Waals surface area contributed by atoms with Gasteiger partial charge in [0.1, 0.15) is 11.5 Å². The molecule has 0 amide bonds. The highest BCUT2D eigenvalue weighted by atomic mass is 16.3. The maximum atomic E-state index is 11.9. The molecule has 0 spiro atoms. The number of nitrogens with one attached hydrogen (secondary N) is 1. The normalized spacial score (nSPS) is 12.1. The largest absolute Gasteiger partial charge is 0.508 e. The van der Waals surface area contributed by atoms with Gasteiger partial charge in [-0.25, -0.2) is 4.98 Å². The highest BCUT2D eigenvalue weighted by Gasteiger charge is 2.02. The summed E-state index contributed by atoms with van der Waals surface area (Å²) in [4.78, 5) is 18.9. The van der Waals surface area contributed by atoms with Crippen molar-refractivity contribution in [3.8, 4) is 0 Å². The number of H-pyrrole nitrogens is 1. The zero-order valence-corrected chi connectivity index (χ0v) is 11.7. The van der Waals surface area contributed by atoms with Crippen LogP contribution in [-0.2, 0) is 0 Å². The molecule has 0 aliphatic carbocycles. The lowest BCUT2D eigenvalue weighted by molar-refractivity contribution is 0.438. The summed E-state index contributed by atoms with van der Waals surface area (Å²) in [5.41, 5.74) is 2.15. The molecular formula is C18H14N2O2. The van der Waals surface area contributed by atoms with E-state index in [0.29, 0.717) is 11.0 Å². The van der Waals surface area contributed by atoms with Crippen molar-refractivity contribution in [2.75, 3.05) is 0 Å². The standard InChI is InChI=1S/C18H14N2O2/c21-14(11-10-13-6-2-1-3-7-13)12-17-18(22)20-16-9-5-4-8-15(16)19-17/h1-12,21H,(H,20,22)/b11-10+,14-12?. The zero-order chi connectivity index (χ0) is 15.4. The van der Waals surface area contributed by atoms with Gasteiger partial charge in [-0.2, -0.15) is 0 Å². The summed E-state index contributed by atoms with van der Waals surface area (Å²) in [6.07, 6.45) is 4.65. The van der Waals surface area contributed by atoms with Crippen molar-refractivity contribution in [1.82, 2.24) is 9.97 Å². The van der Waals surface area contributed by atoms with Gasteiger partial charge in [-0.1, -0.05) is 48.5 Å². The lowest BCUT2D eigenvalue weighted by Gasteiger charge is -1.99. The van der Waals surface area contributed by atoms with Gasteiger partial charge in [0.15, 0.2) is 0 Å². The molecule has 0 atom stereocenters. The van der Waals surface area contributed by atoms with E-state index in [2.05, 4.69) is 9.97 Å². The number of allylic oxidation sites excluding steroid dienone is 1. The van der Waals surface area contributed by atoms with Crippen LogP contribution in [0.25, 0.3) is 23.2 Å². The first kappa shape index (κ1) is 13.8. The monoisotopic (exact) mass is 290 g/mol. The Labute approximate surface area is 127 Å². The Bertz CT molecular complexity index is 909. The van der Waals surface area contributed by atoms with Gasteiger partial charge in [-0.05, 0) is 23.8 Å². The predicted octanol–water partition coefficient (Wildman–Crippen LogP) is 3.54.